The molecule has 0 aromatic heterocycles. The van der Waals surface area contributed by atoms with E-state index in [0.29, 0.717) is 24.3 Å². The van der Waals surface area contributed by atoms with E-state index in [1.807, 2.05) is 0 Å². The first kappa shape index (κ1) is 32.9. The molecular weight excluding hydrogens is 638 g/mol. The van der Waals surface area contributed by atoms with Crippen LogP contribution < -0.4 is 4.74 Å². The first-order valence-electron chi connectivity index (χ1n) is 12.4. The molecule has 0 heterocycles. The zero-order chi connectivity index (χ0) is 34.8. The summed E-state index contributed by atoms with van der Waals surface area (Å²) in [5.74, 6) is -1.37. The summed E-state index contributed by atoms with van der Waals surface area (Å²) >= 11 is 0. The number of alkyl halides is 6. The molecule has 47 heavy (non-hydrogen) atoms. The molecular formula is C30H10F6N6O5. The minimum Gasteiger partial charge on any atom is -0.454 e. The van der Waals surface area contributed by atoms with Crippen molar-refractivity contribution in [2.24, 2.45) is 0 Å². The number of hydrogen-bond acceptors (Lipinski definition) is 9. The quantitative estimate of drug-likeness (QED) is 0.113. The van der Waals surface area contributed by atoms with Crippen molar-refractivity contribution >= 4 is 11.4 Å². The van der Waals surface area contributed by atoms with Crippen LogP contribution in [0.4, 0.5) is 37.7 Å². The van der Waals surface area contributed by atoms with Gasteiger partial charge in [-0.3, -0.25) is 20.2 Å². The van der Waals surface area contributed by atoms with Gasteiger partial charge < -0.3 is 4.74 Å². The third kappa shape index (κ3) is 6.18. The summed E-state index contributed by atoms with van der Waals surface area (Å²) < 4.78 is 84.6. The molecule has 17 heteroatoms. The predicted molar refractivity (Wildman–Crippen MR) is 146 cm³/mol. The number of nitriles is 4. The lowest BCUT2D eigenvalue weighted by Crippen LogP contribution is -2.06. The molecule has 0 aliphatic carbocycles. The van der Waals surface area contributed by atoms with Crippen LogP contribution in [0.15, 0.2) is 60.7 Å². The Morgan fingerprint density at radius 2 is 0.851 bits per heavy atom. The molecule has 0 amide bonds. The molecule has 0 unspecified atom stereocenters. The van der Waals surface area contributed by atoms with E-state index in [-0.39, 0.29) is 11.1 Å². The average molecular weight is 648 g/mol. The van der Waals surface area contributed by atoms with E-state index in [4.69, 9.17) is 4.74 Å². The molecule has 4 aromatic rings. The highest BCUT2D eigenvalue weighted by Gasteiger charge is 2.34. The molecule has 0 atom stereocenters. The molecule has 0 spiro atoms. The largest absolute Gasteiger partial charge is 0.454 e. The van der Waals surface area contributed by atoms with Crippen molar-refractivity contribution in [1.82, 2.24) is 0 Å². The Bertz CT molecular complexity index is 1980. The lowest BCUT2D eigenvalue weighted by atomic mass is 9.94. The van der Waals surface area contributed by atoms with Gasteiger partial charge in [0.1, 0.15) is 46.9 Å². The topological polar surface area (TPSA) is 191 Å². The van der Waals surface area contributed by atoms with Crippen LogP contribution in [0.3, 0.4) is 0 Å². The maximum atomic E-state index is 13.1. The Morgan fingerprint density at radius 1 is 0.553 bits per heavy atom. The zero-order valence-electron chi connectivity index (χ0n) is 22.8. The molecule has 0 aliphatic rings. The summed E-state index contributed by atoms with van der Waals surface area (Å²) in [6, 6.07) is 13.5. The summed E-state index contributed by atoms with van der Waals surface area (Å²) in [5, 5.41) is 63.3. The molecule has 0 radical (unpaired) electrons. The molecule has 0 saturated heterocycles. The number of benzene rings is 4. The first-order valence-corrected chi connectivity index (χ1v) is 12.4. The van der Waals surface area contributed by atoms with Gasteiger partial charge in [-0.1, -0.05) is 24.3 Å². The maximum absolute atomic E-state index is 13.1. The fourth-order valence-corrected chi connectivity index (χ4v) is 4.51. The number of rotatable bonds is 6. The van der Waals surface area contributed by atoms with E-state index in [0.717, 1.165) is 36.4 Å². The summed E-state index contributed by atoms with van der Waals surface area (Å²) in [6.45, 7) is 0. The Labute approximate surface area is 258 Å². The normalized spacial score (nSPS) is 11.0. The van der Waals surface area contributed by atoms with Crippen LogP contribution in [0.5, 0.6) is 11.5 Å². The Balaban J connectivity index is 2.04. The van der Waals surface area contributed by atoms with E-state index in [9.17, 15) is 67.6 Å². The lowest BCUT2D eigenvalue weighted by molar-refractivity contribution is -0.384. The molecule has 0 bridgehead atoms. The molecule has 232 valence electrons. The van der Waals surface area contributed by atoms with Crippen molar-refractivity contribution in [2.45, 2.75) is 12.4 Å². The highest BCUT2D eigenvalue weighted by molar-refractivity contribution is 5.85. The van der Waals surface area contributed by atoms with Gasteiger partial charge in [0.2, 0.25) is 0 Å². The lowest BCUT2D eigenvalue weighted by Gasteiger charge is -2.16. The monoisotopic (exact) mass is 648 g/mol. The number of halogens is 6. The molecule has 4 rings (SSSR count). The highest BCUT2D eigenvalue weighted by atomic mass is 19.4. The van der Waals surface area contributed by atoms with Crippen LogP contribution in [0.25, 0.3) is 22.3 Å². The van der Waals surface area contributed by atoms with E-state index < -0.39 is 89.6 Å². The van der Waals surface area contributed by atoms with Gasteiger partial charge in [0.15, 0.2) is 11.1 Å². The number of nitro groups is 2. The van der Waals surface area contributed by atoms with Crippen molar-refractivity contribution in [2.75, 3.05) is 0 Å². The fraction of sp³-hybridized carbons (Fsp3) is 0.0667. The molecule has 4 aromatic carbocycles. The van der Waals surface area contributed by atoms with Gasteiger partial charge in [-0.05, 0) is 47.5 Å². The highest BCUT2D eigenvalue weighted by Crippen LogP contribution is 2.45. The van der Waals surface area contributed by atoms with Gasteiger partial charge in [0.25, 0.3) is 11.4 Å². The Morgan fingerprint density at radius 3 is 1.09 bits per heavy atom. The van der Waals surface area contributed by atoms with Crippen molar-refractivity contribution in [3.05, 3.63) is 114 Å². The number of hydrogen-bond donors (Lipinski definition) is 0. The standard InChI is InChI=1S/C30H10F6N6O5/c31-29(32,33)17-5-1-15(2-6-17)19-9-25(21(11-37)23(13-39)27(19)41(43)44)47-26-10-20(16-3-7-18(8-4-16)30(34,35)36)28(42(45)46)24(14-40)22(26)12-38/h1-10H. The smallest absolute Gasteiger partial charge is 0.416 e. The van der Waals surface area contributed by atoms with Gasteiger partial charge >= 0.3 is 12.4 Å². The van der Waals surface area contributed by atoms with Crippen molar-refractivity contribution < 1.29 is 40.9 Å². The van der Waals surface area contributed by atoms with Crippen LogP contribution in [-0.4, -0.2) is 9.85 Å². The molecule has 11 nitrogen and oxygen atoms in total. The summed E-state index contributed by atoms with van der Waals surface area (Å²) in [7, 11) is 0. The van der Waals surface area contributed by atoms with Crippen molar-refractivity contribution in [3.63, 3.8) is 0 Å². The molecule has 0 saturated carbocycles. The molecule has 0 aliphatic heterocycles. The second kappa shape index (κ2) is 12.2. The van der Waals surface area contributed by atoms with Crippen LogP contribution in [0, 0.1) is 65.6 Å². The van der Waals surface area contributed by atoms with Crippen LogP contribution in [0.2, 0.25) is 0 Å². The third-order valence-electron chi connectivity index (χ3n) is 6.61. The summed E-state index contributed by atoms with van der Waals surface area (Å²) in [5.41, 5.74) is -9.02. The molecule has 0 N–H and O–H groups in total. The van der Waals surface area contributed by atoms with Gasteiger partial charge in [-0.25, -0.2) is 0 Å². The number of nitrogens with zero attached hydrogens (tertiary/aromatic N) is 6. The van der Waals surface area contributed by atoms with E-state index in [1.165, 1.54) is 24.3 Å². The number of ether oxygens (including phenoxy) is 1. The van der Waals surface area contributed by atoms with Crippen molar-refractivity contribution in [3.8, 4) is 58.0 Å². The predicted octanol–water partition coefficient (Wildman–Crippen LogP) is 8.15. The van der Waals surface area contributed by atoms with Gasteiger partial charge in [-0.2, -0.15) is 47.4 Å². The van der Waals surface area contributed by atoms with Gasteiger partial charge in [0, 0.05) is 0 Å². The van der Waals surface area contributed by atoms with Crippen LogP contribution >= 0.6 is 0 Å². The second-order valence-electron chi connectivity index (χ2n) is 9.26. The van der Waals surface area contributed by atoms with E-state index in [2.05, 4.69) is 0 Å². The Kier molecular flexibility index (Phi) is 8.54. The minimum absolute atomic E-state index is 0.233. The average Bonchev–Trinajstić information content (AvgIpc) is 3.02. The summed E-state index contributed by atoms with van der Waals surface area (Å²) in [6.07, 6.45) is -9.54. The van der Waals surface area contributed by atoms with E-state index >= 15 is 0 Å². The summed E-state index contributed by atoms with van der Waals surface area (Å²) in [4.78, 5) is 21.9. The third-order valence-corrected chi connectivity index (χ3v) is 6.61. The molecule has 0 fully saturated rings. The fourth-order valence-electron chi connectivity index (χ4n) is 4.51. The SMILES string of the molecule is N#Cc1c(Oc2cc(-c3ccc(C(F)(F)F)cc3)c([N+](=O)[O-])c(C#N)c2C#N)cc(-c2ccc(C(F)(F)F)cc2)c([N+](=O)[O-])c1C#N. The van der Waals surface area contributed by atoms with Gasteiger partial charge in [-0.15, -0.1) is 0 Å². The second-order valence-corrected chi connectivity index (χ2v) is 9.26. The van der Waals surface area contributed by atoms with Gasteiger partial charge in [0.05, 0.1) is 32.1 Å². The zero-order valence-corrected chi connectivity index (χ0v) is 22.8. The minimum atomic E-state index is -4.77. The van der Waals surface area contributed by atoms with Crippen LogP contribution in [0.1, 0.15) is 33.4 Å². The Hall–Kier alpha value is -6.98. The number of nitro benzene ring substituents is 2. The van der Waals surface area contributed by atoms with Crippen LogP contribution in [-0.2, 0) is 12.4 Å². The van der Waals surface area contributed by atoms with E-state index in [1.54, 1.807) is 0 Å². The van der Waals surface area contributed by atoms with Crippen molar-refractivity contribution in [1.29, 1.82) is 21.0 Å². The first-order chi connectivity index (χ1) is 22.1. The maximum Gasteiger partial charge on any atom is 0.416 e.